The number of ether oxygens (including phenoxy) is 2. The van der Waals surface area contributed by atoms with Crippen LogP contribution in [0.25, 0.3) is 0 Å². The molecule has 1 atom stereocenters. The minimum absolute atomic E-state index is 0.161. The third kappa shape index (κ3) is 5.90. The van der Waals surface area contributed by atoms with Gasteiger partial charge in [-0.25, -0.2) is 4.98 Å². The number of imidazole rings is 1. The van der Waals surface area contributed by atoms with E-state index in [1.54, 1.807) is 14.2 Å². The summed E-state index contributed by atoms with van der Waals surface area (Å²) in [6.07, 6.45) is 4.93. The van der Waals surface area contributed by atoms with Crippen molar-refractivity contribution in [1.82, 2.24) is 14.5 Å². The maximum absolute atomic E-state index is 5.56. The number of nitrogens with zero attached hydrogens (tertiary/aromatic N) is 3. The van der Waals surface area contributed by atoms with Gasteiger partial charge in [-0.2, -0.15) is 0 Å². The van der Waals surface area contributed by atoms with Crippen LogP contribution in [0.3, 0.4) is 0 Å². The molecule has 1 heterocycles. The van der Waals surface area contributed by atoms with Gasteiger partial charge in [-0.1, -0.05) is 6.92 Å². The van der Waals surface area contributed by atoms with E-state index in [0.717, 1.165) is 45.2 Å². The number of hydrogen-bond acceptors (Lipinski definition) is 5. The summed E-state index contributed by atoms with van der Waals surface area (Å²) >= 11 is 0. The average molecular weight is 284 g/mol. The second-order valence-electron chi connectivity index (χ2n) is 4.89. The van der Waals surface area contributed by atoms with Gasteiger partial charge in [0.1, 0.15) is 0 Å². The first-order valence-electron chi connectivity index (χ1n) is 7.16. The summed E-state index contributed by atoms with van der Waals surface area (Å²) in [6, 6.07) is 0. The topological polar surface area (TPSA) is 51.6 Å². The number of hydrogen-bond donors (Lipinski definition) is 1. The van der Waals surface area contributed by atoms with E-state index in [0.29, 0.717) is 0 Å². The molecule has 0 spiro atoms. The zero-order chi connectivity index (χ0) is 14.8. The summed E-state index contributed by atoms with van der Waals surface area (Å²) in [5.74, 6) is 0.891. The van der Waals surface area contributed by atoms with Gasteiger partial charge in [0.15, 0.2) is 0 Å². The predicted octanol–water partition coefficient (Wildman–Crippen LogP) is 1.30. The molecule has 0 aliphatic carbocycles. The smallest absolute Gasteiger partial charge is 0.202 e. The van der Waals surface area contributed by atoms with Gasteiger partial charge in [-0.05, 0) is 20.0 Å². The molecule has 0 amide bonds. The molecule has 1 rings (SSSR count). The van der Waals surface area contributed by atoms with E-state index in [9.17, 15) is 0 Å². The van der Waals surface area contributed by atoms with Crippen LogP contribution in [0.4, 0.5) is 5.95 Å². The van der Waals surface area contributed by atoms with Gasteiger partial charge in [0.25, 0.3) is 0 Å². The molecule has 6 heteroatoms. The van der Waals surface area contributed by atoms with Crippen molar-refractivity contribution in [2.24, 2.45) is 0 Å². The summed E-state index contributed by atoms with van der Waals surface area (Å²) in [5.41, 5.74) is 0. The van der Waals surface area contributed by atoms with Crippen LogP contribution in [0.15, 0.2) is 12.4 Å². The van der Waals surface area contributed by atoms with E-state index in [-0.39, 0.29) is 6.10 Å². The van der Waals surface area contributed by atoms with Crippen LogP contribution >= 0.6 is 0 Å². The van der Waals surface area contributed by atoms with Gasteiger partial charge < -0.3 is 24.3 Å². The molecule has 1 aromatic rings. The number of rotatable bonds is 11. The first-order valence-corrected chi connectivity index (χ1v) is 7.16. The highest BCUT2D eigenvalue weighted by atomic mass is 16.5. The Hall–Kier alpha value is -1.11. The fourth-order valence-corrected chi connectivity index (χ4v) is 1.94. The van der Waals surface area contributed by atoms with Crippen molar-refractivity contribution in [3.8, 4) is 0 Å². The molecule has 0 bridgehead atoms. The average Bonchev–Trinajstić information content (AvgIpc) is 2.90. The molecule has 0 radical (unpaired) electrons. The highest BCUT2D eigenvalue weighted by molar-refractivity contribution is 5.25. The predicted molar refractivity (Wildman–Crippen MR) is 81.2 cm³/mol. The normalized spacial score (nSPS) is 12.8. The third-order valence-corrected chi connectivity index (χ3v) is 3.31. The minimum atomic E-state index is 0.161. The first kappa shape index (κ1) is 16.9. The van der Waals surface area contributed by atoms with Crippen molar-refractivity contribution in [3.63, 3.8) is 0 Å². The summed E-state index contributed by atoms with van der Waals surface area (Å²) in [5, 5.41) is 3.33. The second kappa shape index (κ2) is 9.74. The van der Waals surface area contributed by atoms with Crippen molar-refractivity contribution in [2.45, 2.75) is 26.0 Å². The largest absolute Gasteiger partial charge is 0.385 e. The molecule has 1 N–H and O–H groups in total. The van der Waals surface area contributed by atoms with Crippen molar-refractivity contribution >= 4 is 5.95 Å². The number of aromatic nitrogens is 2. The molecule has 20 heavy (non-hydrogen) atoms. The molecule has 116 valence electrons. The SMILES string of the molecule is CCN(C)CC(Cn1ccnc1NCCCOC)OC. The lowest BCUT2D eigenvalue weighted by atomic mass is 10.3. The van der Waals surface area contributed by atoms with Gasteiger partial charge in [-0.15, -0.1) is 0 Å². The van der Waals surface area contributed by atoms with E-state index in [1.165, 1.54) is 0 Å². The summed E-state index contributed by atoms with van der Waals surface area (Å²) in [7, 11) is 5.58. The molecule has 1 aromatic heterocycles. The van der Waals surface area contributed by atoms with Crippen molar-refractivity contribution in [2.75, 3.05) is 52.8 Å². The lowest BCUT2D eigenvalue weighted by molar-refractivity contribution is 0.0607. The Morgan fingerprint density at radius 1 is 1.45 bits per heavy atom. The van der Waals surface area contributed by atoms with Gasteiger partial charge in [0.2, 0.25) is 5.95 Å². The Labute approximate surface area is 122 Å². The van der Waals surface area contributed by atoms with Crippen molar-refractivity contribution < 1.29 is 9.47 Å². The number of methoxy groups -OCH3 is 2. The lowest BCUT2D eigenvalue weighted by Gasteiger charge is -2.23. The Morgan fingerprint density at radius 3 is 2.90 bits per heavy atom. The first-order chi connectivity index (χ1) is 9.71. The van der Waals surface area contributed by atoms with E-state index >= 15 is 0 Å². The van der Waals surface area contributed by atoms with Gasteiger partial charge >= 0.3 is 0 Å². The fraction of sp³-hybridized carbons (Fsp3) is 0.786. The summed E-state index contributed by atoms with van der Waals surface area (Å²) < 4.78 is 12.7. The van der Waals surface area contributed by atoms with Crippen LogP contribution in [0.2, 0.25) is 0 Å². The molecule has 0 saturated heterocycles. The molecular weight excluding hydrogens is 256 g/mol. The van der Waals surface area contributed by atoms with Crippen LogP contribution in [0.5, 0.6) is 0 Å². The van der Waals surface area contributed by atoms with Gasteiger partial charge in [0, 0.05) is 46.3 Å². The number of likely N-dealkylation sites (N-methyl/N-ethyl adjacent to an activating group) is 1. The molecule has 0 fully saturated rings. The van der Waals surface area contributed by atoms with Gasteiger partial charge in [0.05, 0.1) is 12.6 Å². The molecule has 1 unspecified atom stereocenters. The second-order valence-corrected chi connectivity index (χ2v) is 4.89. The van der Waals surface area contributed by atoms with Crippen LogP contribution in [0, 0.1) is 0 Å². The van der Waals surface area contributed by atoms with Crippen molar-refractivity contribution in [1.29, 1.82) is 0 Å². The van der Waals surface area contributed by atoms with Crippen LogP contribution in [-0.4, -0.2) is 68.1 Å². The Kier molecular flexibility index (Phi) is 8.25. The lowest BCUT2D eigenvalue weighted by Crippen LogP contribution is -2.33. The minimum Gasteiger partial charge on any atom is -0.385 e. The Bertz CT molecular complexity index is 357. The van der Waals surface area contributed by atoms with Crippen molar-refractivity contribution in [3.05, 3.63) is 12.4 Å². The van der Waals surface area contributed by atoms with E-state index in [2.05, 4.69) is 33.7 Å². The summed E-state index contributed by atoms with van der Waals surface area (Å²) in [6.45, 7) is 6.49. The fourth-order valence-electron chi connectivity index (χ4n) is 1.94. The van der Waals surface area contributed by atoms with Crippen LogP contribution in [-0.2, 0) is 16.0 Å². The Balaban J connectivity index is 2.47. The third-order valence-electron chi connectivity index (χ3n) is 3.31. The van der Waals surface area contributed by atoms with E-state index in [4.69, 9.17) is 9.47 Å². The number of nitrogens with one attached hydrogen (secondary N) is 1. The standard InChI is InChI=1S/C14H28N4O2/c1-5-17(2)11-13(20-4)12-18-9-8-16-14(18)15-7-6-10-19-3/h8-9,13H,5-7,10-12H2,1-4H3,(H,15,16). The maximum atomic E-state index is 5.56. The Morgan fingerprint density at radius 2 is 2.25 bits per heavy atom. The number of anilines is 1. The highest BCUT2D eigenvalue weighted by Crippen LogP contribution is 2.08. The van der Waals surface area contributed by atoms with E-state index in [1.807, 2.05) is 12.4 Å². The quantitative estimate of drug-likeness (QED) is 0.621. The molecule has 6 nitrogen and oxygen atoms in total. The zero-order valence-corrected chi connectivity index (χ0v) is 13.1. The highest BCUT2D eigenvalue weighted by Gasteiger charge is 2.12. The zero-order valence-electron chi connectivity index (χ0n) is 13.1. The maximum Gasteiger partial charge on any atom is 0.202 e. The molecule has 0 aliphatic rings. The van der Waals surface area contributed by atoms with Crippen LogP contribution < -0.4 is 5.32 Å². The van der Waals surface area contributed by atoms with E-state index < -0.39 is 0 Å². The molecular formula is C14H28N4O2. The summed E-state index contributed by atoms with van der Waals surface area (Å²) in [4.78, 5) is 6.59. The molecule has 0 saturated carbocycles. The monoisotopic (exact) mass is 284 g/mol. The molecule has 0 aliphatic heterocycles. The molecule has 0 aromatic carbocycles. The van der Waals surface area contributed by atoms with Crippen LogP contribution in [0.1, 0.15) is 13.3 Å². The van der Waals surface area contributed by atoms with Gasteiger partial charge in [-0.3, -0.25) is 0 Å².